The summed E-state index contributed by atoms with van der Waals surface area (Å²) in [7, 11) is 0. The second kappa shape index (κ2) is 8.61. The largest absolute Gasteiger partial charge is 0.368 e. The van der Waals surface area contributed by atoms with Crippen molar-refractivity contribution in [2.45, 2.75) is 13.0 Å². The lowest BCUT2D eigenvalue weighted by Crippen LogP contribution is -2.46. The van der Waals surface area contributed by atoms with E-state index < -0.39 is 0 Å². The summed E-state index contributed by atoms with van der Waals surface area (Å²) < 4.78 is 13.1. The van der Waals surface area contributed by atoms with E-state index in [1.807, 2.05) is 54.8 Å². The Balaban J connectivity index is 1.34. The van der Waals surface area contributed by atoms with Crippen LogP contribution in [0.3, 0.4) is 0 Å². The van der Waals surface area contributed by atoms with Gasteiger partial charge in [0.15, 0.2) is 5.13 Å². The maximum atomic E-state index is 13.1. The lowest BCUT2D eigenvalue weighted by atomic mass is 10.1. The third kappa shape index (κ3) is 4.56. The average molecular weight is 411 g/mol. The summed E-state index contributed by atoms with van der Waals surface area (Å²) in [5.74, 6) is -0.378. The maximum absolute atomic E-state index is 13.1. The number of nitrogens with one attached hydrogen (secondary N) is 1. The van der Waals surface area contributed by atoms with Crippen LogP contribution >= 0.6 is 11.3 Å². The quantitative estimate of drug-likeness (QED) is 0.688. The Morgan fingerprint density at radius 2 is 1.69 bits per heavy atom. The Labute approximate surface area is 173 Å². The minimum atomic E-state index is -0.220. The monoisotopic (exact) mass is 410 g/mol. The molecule has 7 heteroatoms. The van der Waals surface area contributed by atoms with Gasteiger partial charge in [-0.15, -0.1) is 11.3 Å². The number of hydrogen-bond donors (Lipinski definition) is 1. The molecule has 5 nitrogen and oxygen atoms in total. The number of hydrogen-bond acceptors (Lipinski definition) is 5. The molecule has 1 aromatic heterocycles. The van der Waals surface area contributed by atoms with Crippen LogP contribution in [0.2, 0.25) is 0 Å². The van der Waals surface area contributed by atoms with E-state index in [9.17, 15) is 9.18 Å². The van der Waals surface area contributed by atoms with Crippen molar-refractivity contribution in [2.24, 2.45) is 0 Å². The van der Waals surface area contributed by atoms with Crippen molar-refractivity contribution < 1.29 is 9.18 Å². The molecule has 0 bridgehead atoms. The van der Waals surface area contributed by atoms with Gasteiger partial charge in [-0.1, -0.05) is 30.3 Å². The fraction of sp³-hybridized carbons (Fsp3) is 0.273. The molecule has 1 aliphatic rings. The molecule has 0 aliphatic carbocycles. The van der Waals surface area contributed by atoms with E-state index in [1.165, 1.54) is 23.5 Å². The first-order valence-corrected chi connectivity index (χ1v) is 10.5. The van der Waals surface area contributed by atoms with Gasteiger partial charge in [-0.25, -0.2) is 9.37 Å². The zero-order valence-corrected chi connectivity index (χ0v) is 17.0. The first-order chi connectivity index (χ1) is 14.1. The van der Waals surface area contributed by atoms with E-state index in [0.717, 1.165) is 42.6 Å². The maximum Gasteiger partial charge on any atom is 0.271 e. The summed E-state index contributed by atoms with van der Waals surface area (Å²) in [6.07, 6.45) is 0. The molecule has 4 rings (SSSR count). The predicted molar refractivity (Wildman–Crippen MR) is 115 cm³/mol. The van der Waals surface area contributed by atoms with Crippen molar-refractivity contribution in [3.8, 4) is 0 Å². The van der Waals surface area contributed by atoms with Crippen molar-refractivity contribution in [3.63, 3.8) is 0 Å². The van der Waals surface area contributed by atoms with Crippen LogP contribution in [-0.2, 0) is 0 Å². The molecule has 0 radical (unpaired) electrons. The molecule has 1 atom stereocenters. The van der Waals surface area contributed by atoms with Crippen LogP contribution in [-0.4, -0.2) is 37.1 Å². The van der Waals surface area contributed by atoms with Gasteiger partial charge in [0.25, 0.3) is 5.91 Å². The highest BCUT2D eigenvalue weighted by Crippen LogP contribution is 2.24. The van der Waals surface area contributed by atoms with Gasteiger partial charge < -0.3 is 15.1 Å². The highest BCUT2D eigenvalue weighted by Gasteiger charge is 2.21. The number of nitrogens with zero attached hydrogens (tertiary/aromatic N) is 3. The summed E-state index contributed by atoms with van der Waals surface area (Å²) in [4.78, 5) is 21.6. The molecule has 0 spiro atoms. The normalized spacial score (nSPS) is 15.2. The fourth-order valence-corrected chi connectivity index (χ4v) is 4.28. The smallest absolute Gasteiger partial charge is 0.271 e. The van der Waals surface area contributed by atoms with Crippen molar-refractivity contribution in [2.75, 3.05) is 36.0 Å². The van der Waals surface area contributed by atoms with Gasteiger partial charge in [0, 0.05) is 37.2 Å². The summed E-state index contributed by atoms with van der Waals surface area (Å²) in [6, 6.07) is 16.4. The van der Waals surface area contributed by atoms with Gasteiger partial charge in [0.1, 0.15) is 11.5 Å². The molecule has 2 aromatic carbocycles. The molecule has 0 unspecified atom stereocenters. The topological polar surface area (TPSA) is 48.5 Å². The molecule has 2 heterocycles. The van der Waals surface area contributed by atoms with Crippen LogP contribution in [0.5, 0.6) is 0 Å². The zero-order valence-electron chi connectivity index (χ0n) is 16.2. The third-order valence-electron chi connectivity index (χ3n) is 5.11. The summed E-state index contributed by atoms with van der Waals surface area (Å²) in [5.41, 5.74) is 2.54. The van der Waals surface area contributed by atoms with Crippen molar-refractivity contribution in [1.82, 2.24) is 10.3 Å². The van der Waals surface area contributed by atoms with Crippen LogP contribution in [0.4, 0.5) is 15.2 Å². The van der Waals surface area contributed by atoms with Gasteiger partial charge in [-0.2, -0.15) is 0 Å². The van der Waals surface area contributed by atoms with Crippen molar-refractivity contribution in [3.05, 3.63) is 77.1 Å². The fourth-order valence-electron chi connectivity index (χ4n) is 3.42. The summed E-state index contributed by atoms with van der Waals surface area (Å²) in [6.45, 7) is 5.25. The molecule has 1 aliphatic heterocycles. The number of piperazine rings is 1. The Bertz CT molecular complexity index is 952. The van der Waals surface area contributed by atoms with E-state index in [1.54, 1.807) is 0 Å². The second-order valence-corrected chi connectivity index (χ2v) is 7.91. The minimum Gasteiger partial charge on any atom is -0.368 e. The second-order valence-electron chi connectivity index (χ2n) is 7.07. The highest BCUT2D eigenvalue weighted by atomic mass is 32.1. The van der Waals surface area contributed by atoms with E-state index in [0.29, 0.717) is 5.69 Å². The van der Waals surface area contributed by atoms with E-state index in [2.05, 4.69) is 20.1 Å². The molecule has 1 N–H and O–H groups in total. The number of carbonyl (C=O) groups excluding carboxylic acids is 1. The Hall–Kier alpha value is -2.93. The summed E-state index contributed by atoms with van der Waals surface area (Å²) >= 11 is 1.49. The van der Waals surface area contributed by atoms with Crippen LogP contribution < -0.4 is 15.1 Å². The van der Waals surface area contributed by atoms with Crippen molar-refractivity contribution in [1.29, 1.82) is 0 Å². The summed E-state index contributed by atoms with van der Waals surface area (Å²) in [5, 5.41) is 5.69. The van der Waals surface area contributed by atoms with Gasteiger partial charge in [-0.05, 0) is 36.8 Å². The number of rotatable bonds is 5. The van der Waals surface area contributed by atoms with Gasteiger partial charge in [0.05, 0.1) is 6.04 Å². The first kappa shape index (κ1) is 19.4. The molecular weight excluding hydrogens is 387 g/mol. The molecule has 1 saturated heterocycles. The molecule has 0 saturated carbocycles. The van der Waals surface area contributed by atoms with Crippen LogP contribution in [0.1, 0.15) is 29.0 Å². The van der Waals surface area contributed by atoms with Crippen LogP contribution in [0.25, 0.3) is 0 Å². The molecule has 1 amide bonds. The van der Waals surface area contributed by atoms with E-state index >= 15 is 0 Å². The lowest BCUT2D eigenvalue weighted by Gasteiger charge is -2.36. The number of anilines is 2. The van der Waals surface area contributed by atoms with E-state index in [-0.39, 0.29) is 17.8 Å². The molecule has 1 fully saturated rings. The zero-order chi connectivity index (χ0) is 20.2. The number of thiazole rings is 1. The lowest BCUT2D eigenvalue weighted by molar-refractivity contribution is 0.0935. The Kier molecular flexibility index (Phi) is 5.76. The Morgan fingerprint density at radius 1 is 1.03 bits per heavy atom. The molecule has 150 valence electrons. The highest BCUT2D eigenvalue weighted by molar-refractivity contribution is 7.13. The number of benzene rings is 2. The predicted octanol–water partition coefficient (Wildman–Crippen LogP) is 4.10. The molecule has 29 heavy (non-hydrogen) atoms. The molecular formula is C22H23FN4OS. The number of carbonyl (C=O) groups is 1. The van der Waals surface area contributed by atoms with Gasteiger partial charge >= 0.3 is 0 Å². The third-order valence-corrected chi connectivity index (χ3v) is 6.02. The number of aromatic nitrogens is 1. The first-order valence-electron chi connectivity index (χ1n) is 9.67. The van der Waals surface area contributed by atoms with Crippen LogP contribution in [0.15, 0.2) is 60.0 Å². The number of halogens is 1. The standard InChI is InChI=1S/C22H23FN4OS/c1-16(17-5-3-2-4-6-17)24-21(28)20-15-29-22(25-20)27-13-11-26(12-14-27)19-9-7-18(23)8-10-19/h2-10,15-16H,11-14H2,1H3,(H,24,28)/t16-/m0/s1. The average Bonchev–Trinajstić information content (AvgIpc) is 3.25. The SMILES string of the molecule is C[C@H](NC(=O)c1csc(N2CCN(c3ccc(F)cc3)CC2)n1)c1ccccc1. The van der Waals surface area contributed by atoms with E-state index in [4.69, 9.17) is 0 Å². The Morgan fingerprint density at radius 3 is 2.38 bits per heavy atom. The minimum absolute atomic E-state index is 0.0758. The molecule has 3 aromatic rings. The van der Waals surface area contributed by atoms with Crippen LogP contribution in [0, 0.1) is 5.82 Å². The van der Waals surface area contributed by atoms with Crippen molar-refractivity contribution >= 4 is 28.1 Å². The van der Waals surface area contributed by atoms with Gasteiger partial charge in [0.2, 0.25) is 0 Å². The number of amides is 1. The van der Waals surface area contributed by atoms with Gasteiger partial charge in [-0.3, -0.25) is 4.79 Å².